The van der Waals surface area contributed by atoms with Gasteiger partial charge in [0.05, 0.1) is 37.5 Å². The van der Waals surface area contributed by atoms with Gasteiger partial charge in [-0.15, -0.1) is 0 Å². The number of imidazole rings is 1. The Morgan fingerprint density at radius 2 is 1.93 bits per heavy atom. The van der Waals surface area contributed by atoms with Crippen molar-refractivity contribution in [3.05, 3.63) is 41.2 Å². The van der Waals surface area contributed by atoms with Crippen LogP contribution in [0, 0.1) is 13.8 Å². The Balaban J connectivity index is 0.00000261. The Kier molecular flexibility index (Phi) is 7.42. The van der Waals surface area contributed by atoms with Crippen LogP contribution in [-0.2, 0) is 16.6 Å². The number of ether oxygens (including phenoxy) is 2. The van der Waals surface area contributed by atoms with E-state index >= 15 is 0 Å². The Morgan fingerprint density at radius 3 is 2.59 bits per heavy atom. The summed E-state index contributed by atoms with van der Waals surface area (Å²) in [5.41, 5.74) is 3.40. The van der Waals surface area contributed by atoms with Crippen molar-refractivity contribution in [1.29, 1.82) is 0 Å². The van der Waals surface area contributed by atoms with E-state index in [4.69, 9.17) is 9.47 Å². The molecule has 3 rings (SSSR count). The van der Waals surface area contributed by atoms with Crippen molar-refractivity contribution < 1.29 is 17.9 Å². The van der Waals surface area contributed by atoms with Crippen LogP contribution in [0.25, 0.3) is 11.0 Å². The van der Waals surface area contributed by atoms with Crippen molar-refractivity contribution in [3.8, 4) is 11.5 Å². The van der Waals surface area contributed by atoms with Gasteiger partial charge in [0.1, 0.15) is 11.5 Å². The molecule has 0 saturated heterocycles. The molecule has 1 aromatic carbocycles. The number of aromatic nitrogens is 3. The normalized spacial score (nSPS) is 11.3. The van der Waals surface area contributed by atoms with E-state index in [2.05, 4.69) is 19.7 Å². The van der Waals surface area contributed by atoms with Crippen LogP contribution >= 0.6 is 0 Å². The molecule has 0 saturated carbocycles. The SMILES string of the molecule is COc1ccc2[nH]c(S(=O)(=O)NCc3ncc(C)c(OC)c3C)nc2c1.[KH]. The first-order chi connectivity index (χ1) is 12.4. The second kappa shape index (κ2) is 8.99. The Morgan fingerprint density at radius 1 is 1.19 bits per heavy atom. The van der Waals surface area contributed by atoms with E-state index in [1.807, 2.05) is 13.8 Å². The van der Waals surface area contributed by atoms with E-state index in [-0.39, 0.29) is 63.1 Å². The predicted octanol–water partition coefficient (Wildman–Crippen LogP) is 1.42. The average molecular weight is 417 g/mol. The fourth-order valence-corrected chi connectivity index (χ4v) is 3.62. The number of aromatic amines is 1. The molecule has 0 radical (unpaired) electrons. The molecule has 2 aromatic heterocycles. The van der Waals surface area contributed by atoms with Crippen molar-refractivity contribution in [3.63, 3.8) is 0 Å². The van der Waals surface area contributed by atoms with E-state index in [9.17, 15) is 8.42 Å². The zero-order valence-corrected chi connectivity index (χ0v) is 15.8. The van der Waals surface area contributed by atoms with Crippen LogP contribution < -0.4 is 14.2 Å². The molecule has 140 valence electrons. The number of H-pyrrole nitrogens is 1. The van der Waals surface area contributed by atoms with Gasteiger partial charge in [0.25, 0.3) is 10.0 Å². The summed E-state index contributed by atoms with van der Waals surface area (Å²) in [6, 6.07) is 5.12. The third kappa shape index (κ3) is 4.70. The van der Waals surface area contributed by atoms with Gasteiger partial charge in [-0.1, -0.05) is 0 Å². The zero-order chi connectivity index (χ0) is 18.9. The molecule has 0 aliphatic heterocycles. The van der Waals surface area contributed by atoms with Crippen LogP contribution in [0.15, 0.2) is 29.6 Å². The second-order valence-electron chi connectivity index (χ2n) is 5.80. The molecule has 0 bridgehead atoms. The molecule has 10 heteroatoms. The van der Waals surface area contributed by atoms with Crippen LogP contribution in [0.1, 0.15) is 16.8 Å². The monoisotopic (exact) mass is 416 g/mol. The maximum absolute atomic E-state index is 12.6. The number of pyridine rings is 1. The fraction of sp³-hybridized carbons (Fsp3) is 0.294. The zero-order valence-electron chi connectivity index (χ0n) is 15.0. The summed E-state index contributed by atoms with van der Waals surface area (Å²) < 4.78 is 38.1. The summed E-state index contributed by atoms with van der Waals surface area (Å²) in [5, 5.41) is -0.155. The Labute approximate surface area is 200 Å². The van der Waals surface area contributed by atoms with Crippen molar-refractivity contribution in [1.82, 2.24) is 19.7 Å². The molecule has 0 atom stereocenters. The number of hydrogen-bond acceptors (Lipinski definition) is 6. The second-order valence-corrected chi connectivity index (χ2v) is 7.48. The van der Waals surface area contributed by atoms with Gasteiger partial charge in [0.2, 0.25) is 5.16 Å². The third-order valence-electron chi connectivity index (χ3n) is 4.10. The van der Waals surface area contributed by atoms with Gasteiger partial charge in [-0.3, -0.25) is 4.98 Å². The van der Waals surface area contributed by atoms with Crippen molar-refractivity contribution in [2.45, 2.75) is 25.5 Å². The van der Waals surface area contributed by atoms with E-state index in [1.165, 1.54) is 7.11 Å². The van der Waals surface area contributed by atoms with Crippen molar-refractivity contribution >= 4 is 72.4 Å². The molecular weight excluding hydrogens is 395 g/mol. The minimum absolute atomic E-state index is 0. The van der Waals surface area contributed by atoms with E-state index in [0.29, 0.717) is 28.2 Å². The van der Waals surface area contributed by atoms with Crippen LogP contribution in [-0.4, -0.2) is 89.0 Å². The molecule has 0 spiro atoms. The van der Waals surface area contributed by atoms with Gasteiger partial charge in [-0.2, -0.15) is 0 Å². The quantitative estimate of drug-likeness (QED) is 0.589. The molecule has 2 heterocycles. The standard InChI is InChI=1S/C17H20N4O4S.K.H/c1-10-8-18-15(11(2)16(10)25-4)9-19-26(22,23)17-20-13-6-5-12(24-3)7-14(13)21-17;;/h5-8,19H,9H2,1-4H3,(H,20,21);;. The van der Waals surface area contributed by atoms with Crippen LogP contribution in [0.2, 0.25) is 0 Å². The number of nitrogens with one attached hydrogen (secondary N) is 2. The first-order valence-corrected chi connectivity index (χ1v) is 9.36. The molecule has 0 unspecified atom stereocenters. The van der Waals surface area contributed by atoms with E-state index < -0.39 is 10.0 Å². The maximum atomic E-state index is 12.6. The number of methoxy groups -OCH3 is 2. The first-order valence-electron chi connectivity index (χ1n) is 7.88. The van der Waals surface area contributed by atoms with Gasteiger partial charge in [-0.25, -0.2) is 18.1 Å². The van der Waals surface area contributed by atoms with Gasteiger partial charge in [0.15, 0.2) is 0 Å². The summed E-state index contributed by atoms with van der Waals surface area (Å²) >= 11 is 0. The number of nitrogens with zero attached hydrogens (tertiary/aromatic N) is 2. The molecule has 0 fully saturated rings. The fourth-order valence-electron chi connectivity index (χ4n) is 2.70. The molecular formula is C17H21KN4O4S. The molecule has 0 amide bonds. The first kappa shape index (κ1) is 22.3. The molecule has 8 nitrogen and oxygen atoms in total. The number of sulfonamides is 1. The summed E-state index contributed by atoms with van der Waals surface area (Å²) in [7, 11) is -0.709. The summed E-state index contributed by atoms with van der Waals surface area (Å²) in [4.78, 5) is 11.2. The summed E-state index contributed by atoms with van der Waals surface area (Å²) in [6.07, 6.45) is 1.66. The molecule has 0 aliphatic rings. The predicted molar refractivity (Wildman–Crippen MR) is 104 cm³/mol. The third-order valence-corrected chi connectivity index (χ3v) is 5.33. The molecule has 0 aliphatic carbocycles. The van der Waals surface area contributed by atoms with E-state index in [0.717, 1.165) is 11.1 Å². The number of hydrogen-bond donors (Lipinski definition) is 2. The number of aryl methyl sites for hydroxylation is 1. The van der Waals surface area contributed by atoms with Crippen molar-refractivity contribution in [2.24, 2.45) is 0 Å². The summed E-state index contributed by atoms with van der Waals surface area (Å²) in [6.45, 7) is 3.76. The van der Waals surface area contributed by atoms with Gasteiger partial charge < -0.3 is 14.5 Å². The van der Waals surface area contributed by atoms with Gasteiger partial charge in [0, 0.05) is 23.4 Å². The van der Waals surface area contributed by atoms with Gasteiger partial charge in [-0.05, 0) is 26.0 Å². The Bertz CT molecular complexity index is 1070. The van der Waals surface area contributed by atoms with Gasteiger partial charge >= 0.3 is 51.4 Å². The Hall–Kier alpha value is -1.01. The van der Waals surface area contributed by atoms with Crippen LogP contribution in [0.4, 0.5) is 0 Å². The number of fused-ring (bicyclic) bond motifs is 1. The molecule has 2 N–H and O–H groups in total. The van der Waals surface area contributed by atoms with Crippen LogP contribution in [0.3, 0.4) is 0 Å². The number of rotatable bonds is 6. The van der Waals surface area contributed by atoms with Crippen LogP contribution in [0.5, 0.6) is 11.5 Å². The van der Waals surface area contributed by atoms with Crippen molar-refractivity contribution in [2.75, 3.05) is 14.2 Å². The molecule has 3 aromatic rings. The minimum atomic E-state index is -3.82. The topological polar surface area (TPSA) is 106 Å². The average Bonchev–Trinajstić information content (AvgIpc) is 3.05. The molecule has 27 heavy (non-hydrogen) atoms. The van der Waals surface area contributed by atoms with E-state index in [1.54, 1.807) is 31.5 Å². The summed E-state index contributed by atoms with van der Waals surface area (Å²) in [5.74, 6) is 1.30. The number of benzene rings is 1.